The summed E-state index contributed by atoms with van der Waals surface area (Å²) in [5.74, 6) is 0.336. The average molecular weight is 326 g/mol. The van der Waals surface area contributed by atoms with Crippen LogP contribution in [0, 0.1) is 11.7 Å². The van der Waals surface area contributed by atoms with E-state index >= 15 is 0 Å². The van der Waals surface area contributed by atoms with Gasteiger partial charge in [0, 0.05) is 17.8 Å². The molecule has 0 aromatic heterocycles. The molecule has 0 bridgehead atoms. The Bertz CT molecular complexity index is 674. The number of nitrogens with zero attached hydrogens (tertiary/aromatic N) is 1. The summed E-state index contributed by atoms with van der Waals surface area (Å²) in [6.07, 6.45) is 2.52. The second kappa shape index (κ2) is 7.58. The van der Waals surface area contributed by atoms with E-state index in [2.05, 4.69) is 17.1 Å². The highest BCUT2D eigenvalue weighted by Crippen LogP contribution is 2.18. The van der Waals surface area contributed by atoms with Crippen molar-refractivity contribution in [3.63, 3.8) is 0 Å². The minimum Gasteiger partial charge on any atom is -0.322 e. The Hall–Kier alpha value is -2.20. The molecule has 0 unspecified atom stereocenters. The van der Waals surface area contributed by atoms with Crippen molar-refractivity contribution in [3.05, 3.63) is 65.5 Å². The monoisotopic (exact) mass is 326 g/mol. The summed E-state index contributed by atoms with van der Waals surface area (Å²) in [6, 6.07) is 13.5. The van der Waals surface area contributed by atoms with Gasteiger partial charge in [-0.1, -0.05) is 19.1 Å². The molecule has 0 atom stereocenters. The molecule has 1 heterocycles. The predicted molar refractivity (Wildman–Crippen MR) is 94.5 cm³/mol. The van der Waals surface area contributed by atoms with Crippen LogP contribution in [0.4, 0.5) is 10.1 Å². The first kappa shape index (κ1) is 16.7. The molecular weight excluding hydrogens is 303 g/mol. The van der Waals surface area contributed by atoms with E-state index in [0.717, 1.165) is 25.6 Å². The van der Waals surface area contributed by atoms with Crippen molar-refractivity contribution in [2.45, 2.75) is 26.3 Å². The van der Waals surface area contributed by atoms with Gasteiger partial charge in [-0.2, -0.15) is 0 Å². The van der Waals surface area contributed by atoms with Crippen LogP contribution in [0.15, 0.2) is 48.5 Å². The van der Waals surface area contributed by atoms with Gasteiger partial charge < -0.3 is 5.32 Å². The second-order valence-electron chi connectivity index (χ2n) is 6.62. The molecule has 1 aliphatic rings. The number of carbonyl (C=O) groups excluding carboxylic acids is 1. The second-order valence-corrected chi connectivity index (χ2v) is 6.62. The van der Waals surface area contributed by atoms with Gasteiger partial charge in [-0.15, -0.1) is 0 Å². The fourth-order valence-electron chi connectivity index (χ4n) is 2.98. The Labute approximate surface area is 142 Å². The number of hydrogen-bond donors (Lipinski definition) is 1. The van der Waals surface area contributed by atoms with E-state index in [1.54, 1.807) is 12.1 Å². The van der Waals surface area contributed by atoms with Crippen molar-refractivity contribution in [2.75, 3.05) is 18.4 Å². The minimum absolute atomic E-state index is 0.181. The smallest absolute Gasteiger partial charge is 0.255 e. The number of hydrogen-bond acceptors (Lipinski definition) is 2. The molecule has 3 rings (SSSR count). The Kier molecular flexibility index (Phi) is 5.26. The molecule has 1 amide bonds. The summed E-state index contributed by atoms with van der Waals surface area (Å²) in [7, 11) is 0. The van der Waals surface area contributed by atoms with Crippen molar-refractivity contribution in [1.82, 2.24) is 4.90 Å². The molecule has 126 valence electrons. The van der Waals surface area contributed by atoms with Crippen LogP contribution in [0.5, 0.6) is 0 Å². The summed E-state index contributed by atoms with van der Waals surface area (Å²) in [6.45, 7) is 5.54. The van der Waals surface area contributed by atoms with E-state index in [9.17, 15) is 9.18 Å². The minimum atomic E-state index is -0.315. The van der Waals surface area contributed by atoms with E-state index in [-0.39, 0.29) is 11.7 Å². The zero-order valence-corrected chi connectivity index (χ0v) is 14.0. The molecule has 24 heavy (non-hydrogen) atoms. The number of likely N-dealkylation sites (tertiary alicyclic amines) is 1. The SMILES string of the molecule is CC1CCN(Cc2ccc(C(=O)Nc3ccc(F)cc3)cc2)CC1. The highest BCUT2D eigenvalue weighted by molar-refractivity contribution is 6.04. The van der Waals surface area contributed by atoms with Gasteiger partial charge in [0.1, 0.15) is 5.82 Å². The third-order valence-corrected chi connectivity index (χ3v) is 4.60. The molecule has 0 saturated carbocycles. The first-order valence-electron chi connectivity index (χ1n) is 8.48. The fraction of sp³-hybridized carbons (Fsp3) is 0.350. The van der Waals surface area contributed by atoms with Gasteiger partial charge >= 0.3 is 0 Å². The average Bonchev–Trinajstić information content (AvgIpc) is 2.59. The highest BCUT2D eigenvalue weighted by atomic mass is 19.1. The van der Waals surface area contributed by atoms with Crippen LogP contribution in [-0.2, 0) is 6.54 Å². The molecule has 0 aliphatic carbocycles. The van der Waals surface area contributed by atoms with E-state index < -0.39 is 0 Å². The maximum Gasteiger partial charge on any atom is 0.255 e. The van der Waals surface area contributed by atoms with Crippen molar-refractivity contribution in [1.29, 1.82) is 0 Å². The first-order valence-corrected chi connectivity index (χ1v) is 8.48. The first-order chi connectivity index (χ1) is 11.6. The lowest BCUT2D eigenvalue weighted by Crippen LogP contribution is -2.32. The fourth-order valence-corrected chi connectivity index (χ4v) is 2.98. The van der Waals surface area contributed by atoms with Crippen molar-refractivity contribution < 1.29 is 9.18 Å². The lowest BCUT2D eigenvalue weighted by Gasteiger charge is -2.30. The third-order valence-electron chi connectivity index (χ3n) is 4.60. The maximum atomic E-state index is 12.9. The van der Waals surface area contributed by atoms with Gasteiger partial charge in [0.15, 0.2) is 0 Å². The van der Waals surface area contributed by atoms with E-state index in [0.29, 0.717) is 11.3 Å². The van der Waals surface area contributed by atoms with Crippen LogP contribution in [-0.4, -0.2) is 23.9 Å². The molecule has 1 saturated heterocycles. The summed E-state index contributed by atoms with van der Waals surface area (Å²) in [4.78, 5) is 14.7. The van der Waals surface area contributed by atoms with Crippen LogP contribution in [0.25, 0.3) is 0 Å². The number of rotatable bonds is 4. The predicted octanol–water partition coefficient (Wildman–Crippen LogP) is 4.31. The highest BCUT2D eigenvalue weighted by Gasteiger charge is 2.15. The lowest BCUT2D eigenvalue weighted by molar-refractivity contribution is 0.102. The quantitative estimate of drug-likeness (QED) is 0.908. The number of anilines is 1. The summed E-state index contributed by atoms with van der Waals surface area (Å²) >= 11 is 0. The molecule has 2 aromatic rings. The molecule has 2 aromatic carbocycles. The number of benzene rings is 2. The van der Waals surface area contributed by atoms with Crippen molar-refractivity contribution in [2.24, 2.45) is 5.92 Å². The zero-order valence-electron chi connectivity index (χ0n) is 14.0. The molecular formula is C20H23FN2O. The summed E-state index contributed by atoms with van der Waals surface area (Å²) < 4.78 is 12.9. The number of carbonyl (C=O) groups is 1. The van der Waals surface area contributed by atoms with E-state index in [1.807, 2.05) is 24.3 Å². The van der Waals surface area contributed by atoms with E-state index in [4.69, 9.17) is 0 Å². The molecule has 0 spiro atoms. The molecule has 4 heteroatoms. The van der Waals surface area contributed by atoms with Crippen LogP contribution < -0.4 is 5.32 Å². The maximum absolute atomic E-state index is 12.9. The van der Waals surface area contributed by atoms with Gasteiger partial charge in [0.05, 0.1) is 0 Å². The normalized spacial score (nSPS) is 16.1. The topological polar surface area (TPSA) is 32.3 Å². The Morgan fingerprint density at radius 3 is 2.33 bits per heavy atom. The van der Waals surface area contributed by atoms with Gasteiger partial charge in [-0.3, -0.25) is 9.69 Å². The van der Waals surface area contributed by atoms with Crippen LogP contribution in [0.1, 0.15) is 35.7 Å². The van der Waals surface area contributed by atoms with Crippen LogP contribution >= 0.6 is 0 Å². The molecule has 1 N–H and O–H groups in total. The standard InChI is InChI=1S/C20H23FN2O/c1-15-10-12-23(13-11-15)14-16-2-4-17(5-3-16)20(24)22-19-8-6-18(21)7-9-19/h2-9,15H,10-14H2,1H3,(H,22,24). The molecule has 0 radical (unpaired) electrons. The molecule has 3 nitrogen and oxygen atoms in total. The van der Waals surface area contributed by atoms with Gasteiger partial charge in [-0.25, -0.2) is 4.39 Å². The third kappa shape index (κ3) is 4.42. The zero-order chi connectivity index (χ0) is 16.9. The largest absolute Gasteiger partial charge is 0.322 e. The van der Waals surface area contributed by atoms with Gasteiger partial charge in [-0.05, 0) is 73.8 Å². The number of halogens is 1. The lowest BCUT2D eigenvalue weighted by atomic mass is 9.99. The Balaban J connectivity index is 1.57. The van der Waals surface area contributed by atoms with Crippen molar-refractivity contribution in [3.8, 4) is 0 Å². The van der Waals surface area contributed by atoms with Gasteiger partial charge in [0.2, 0.25) is 0 Å². The molecule has 1 fully saturated rings. The molecule has 1 aliphatic heterocycles. The van der Waals surface area contributed by atoms with Crippen LogP contribution in [0.3, 0.4) is 0 Å². The Morgan fingerprint density at radius 1 is 1.08 bits per heavy atom. The summed E-state index contributed by atoms with van der Waals surface area (Å²) in [5.41, 5.74) is 2.42. The van der Waals surface area contributed by atoms with Crippen LogP contribution in [0.2, 0.25) is 0 Å². The summed E-state index contributed by atoms with van der Waals surface area (Å²) in [5, 5.41) is 2.78. The number of nitrogens with one attached hydrogen (secondary N) is 1. The number of piperidine rings is 1. The van der Waals surface area contributed by atoms with E-state index in [1.165, 1.54) is 30.5 Å². The number of amides is 1. The van der Waals surface area contributed by atoms with Crippen molar-refractivity contribution >= 4 is 11.6 Å². The van der Waals surface area contributed by atoms with Gasteiger partial charge in [0.25, 0.3) is 5.91 Å². The Morgan fingerprint density at radius 2 is 1.71 bits per heavy atom.